The van der Waals surface area contributed by atoms with Crippen LogP contribution in [-0.2, 0) is 14.8 Å². The number of carboxylic acid groups (broad SMARTS) is 1. The van der Waals surface area contributed by atoms with E-state index in [2.05, 4.69) is 0 Å². The standard InChI is InChI=1S/C20H20FNO7S/c1-27-9-8-22(30(3,25)26)15-11-16-14(10-17(15)28-2)18(20(23)24)19(29-16)12-4-6-13(21)7-5-12/h4-7,10-11H,8-9H2,1-3H3,(H,23,24). The Labute approximate surface area is 172 Å². The van der Waals surface area contributed by atoms with Crippen LogP contribution in [0.5, 0.6) is 5.75 Å². The summed E-state index contributed by atoms with van der Waals surface area (Å²) < 4.78 is 55.2. The molecule has 0 spiro atoms. The topological polar surface area (TPSA) is 106 Å². The van der Waals surface area contributed by atoms with Crippen molar-refractivity contribution in [1.82, 2.24) is 0 Å². The van der Waals surface area contributed by atoms with E-state index in [-0.39, 0.29) is 46.9 Å². The quantitative estimate of drug-likeness (QED) is 0.576. The Hall–Kier alpha value is -3.11. The Morgan fingerprint density at radius 3 is 2.40 bits per heavy atom. The number of carboxylic acids is 1. The molecule has 0 amide bonds. The number of hydrogen-bond donors (Lipinski definition) is 1. The van der Waals surface area contributed by atoms with Crippen LogP contribution in [-0.4, -0.2) is 53.1 Å². The lowest BCUT2D eigenvalue weighted by molar-refractivity contribution is 0.0699. The van der Waals surface area contributed by atoms with Crippen LogP contribution in [0.1, 0.15) is 10.4 Å². The van der Waals surface area contributed by atoms with Crippen LogP contribution in [0.15, 0.2) is 40.8 Å². The van der Waals surface area contributed by atoms with Gasteiger partial charge in [-0.3, -0.25) is 4.31 Å². The first-order valence-electron chi connectivity index (χ1n) is 8.77. The number of benzene rings is 2. The molecular formula is C20H20FNO7S. The molecule has 0 saturated heterocycles. The van der Waals surface area contributed by atoms with Gasteiger partial charge in [-0.2, -0.15) is 0 Å². The summed E-state index contributed by atoms with van der Waals surface area (Å²) in [7, 11) is -0.898. The first-order chi connectivity index (χ1) is 14.2. The van der Waals surface area contributed by atoms with Crippen LogP contribution < -0.4 is 9.04 Å². The molecule has 30 heavy (non-hydrogen) atoms. The third-order valence-corrected chi connectivity index (χ3v) is 5.66. The normalized spacial score (nSPS) is 11.6. The van der Waals surface area contributed by atoms with Crippen molar-refractivity contribution in [3.63, 3.8) is 0 Å². The number of rotatable bonds is 8. The van der Waals surface area contributed by atoms with E-state index in [1.807, 2.05) is 0 Å². The fraction of sp³-hybridized carbons (Fsp3) is 0.250. The number of carbonyl (C=O) groups is 1. The number of nitrogens with zero attached hydrogens (tertiary/aromatic N) is 1. The second kappa shape index (κ2) is 8.33. The Kier molecular flexibility index (Phi) is 5.99. The zero-order chi connectivity index (χ0) is 22.1. The molecule has 0 radical (unpaired) electrons. The molecule has 0 saturated carbocycles. The van der Waals surface area contributed by atoms with Gasteiger partial charge in [-0.25, -0.2) is 17.6 Å². The van der Waals surface area contributed by atoms with E-state index in [1.165, 1.54) is 50.6 Å². The fourth-order valence-corrected chi connectivity index (χ4v) is 4.03. The highest BCUT2D eigenvalue weighted by Gasteiger charge is 2.27. The van der Waals surface area contributed by atoms with E-state index in [1.54, 1.807) is 0 Å². The molecule has 0 aliphatic heterocycles. The van der Waals surface area contributed by atoms with Gasteiger partial charge in [0.25, 0.3) is 0 Å². The third-order valence-electron chi connectivity index (χ3n) is 4.48. The van der Waals surface area contributed by atoms with Crippen LogP contribution in [0.3, 0.4) is 0 Å². The number of aromatic carboxylic acids is 1. The van der Waals surface area contributed by atoms with Crippen molar-refractivity contribution in [3.8, 4) is 17.1 Å². The number of anilines is 1. The summed E-state index contributed by atoms with van der Waals surface area (Å²) in [5.74, 6) is -1.54. The lowest BCUT2D eigenvalue weighted by Crippen LogP contribution is -2.33. The number of sulfonamides is 1. The molecule has 0 aliphatic carbocycles. The molecule has 0 bridgehead atoms. The van der Waals surface area contributed by atoms with Gasteiger partial charge in [0.1, 0.15) is 28.5 Å². The number of ether oxygens (including phenoxy) is 2. The zero-order valence-corrected chi connectivity index (χ0v) is 17.3. The Balaban J connectivity index is 2.28. The largest absolute Gasteiger partial charge is 0.495 e. The number of halogens is 1. The molecule has 10 heteroatoms. The van der Waals surface area contributed by atoms with E-state index in [0.29, 0.717) is 5.56 Å². The number of methoxy groups -OCH3 is 2. The molecule has 1 aromatic heterocycles. The Morgan fingerprint density at radius 2 is 1.87 bits per heavy atom. The van der Waals surface area contributed by atoms with E-state index < -0.39 is 21.8 Å². The van der Waals surface area contributed by atoms with Gasteiger partial charge in [0.2, 0.25) is 10.0 Å². The minimum absolute atomic E-state index is 0.0223. The number of furan rings is 1. The van der Waals surface area contributed by atoms with Crippen LogP contribution in [0.25, 0.3) is 22.3 Å². The Bertz CT molecular complexity index is 1190. The molecule has 0 fully saturated rings. The summed E-state index contributed by atoms with van der Waals surface area (Å²) in [5.41, 5.74) is 0.559. The van der Waals surface area contributed by atoms with E-state index >= 15 is 0 Å². The van der Waals surface area contributed by atoms with Crippen molar-refractivity contribution >= 4 is 32.6 Å². The maximum Gasteiger partial charge on any atom is 0.340 e. The van der Waals surface area contributed by atoms with Gasteiger partial charge in [0, 0.05) is 24.1 Å². The molecule has 0 aliphatic rings. The maximum absolute atomic E-state index is 13.3. The van der Waals surface area contributed by atoms with Crippen molar-refractivity contribution in [2.75, 3.05) is 37.9 Å². The number of hydrogen-bond acceptors (Lipinski definition) is 6. The monoisotopic (exact) mass is 437 g/mol. The van der Waals surface area contributed by atoms with Crippen LogP contribution in [0.2, 0.25) is 0 Å². The van der Waals surface area contributed by atoms with Crippen LogP contribution >= 0.6 is 0 Å². The van der Waals surface area contributed by atoms with E-state index in [9.17, 15) is 22.7 Å². The summed E-state index contributed by atoms with van der Waals surface area (Å²) >= 11 is 0. The molecule has 0 unspecified atom stereocenters. The predicted molar refractivity (Wildman–Crippen MR) is 109 cm³/mol. The highest BCUT2D eigenvalue weighted by Crippen LogP contribution is 2.40. The van der Waals surface area contributed by atoms with Crippen LogP contribution in [0, 0.1) is 5.82 Å². The van der Waals surface area contributed by atoms with Crippen molar-refractivity contribution in [3.05, 3.63) is 47.8 Å². The van der Waals surface area contributed by atoms with Crippen LogP contribution in [0.4, 0.5) is 10.1 Å². The lowest BCUT2D eigenvalue weighted by atomic mass is 10.0. The summed E-state index contributed by atoms with van der Waals surface area (Å²) in [4.78, 5) is 12.0. The highest BCUT2D eigenvalue weighted by molar-refractivity contribution is 7.92. The van der Waals surface area contributed by atoms with E-state index in [0.717, 1.165) is 10.6 Å². The SMILES string of the molecule is COCCN(c1cc2oc(-c3ccc(F)cc3)c(C(=O)O)c2cc1OC)S(C)(=O)=O. The highest BCUT2D eigenvalue weighted by atomic mass is 32.2. The summed E-state index contributed by atoms with van der Waals surface area (Å²) in [6, 6.07) is 8.00. The zero-order valence-electron chi connectivity index (χ0n) is 16.5. The molecule has 1 N–H and O–H groups in total. The van der Waals surface area contributed by atoms with Gasteiger partial charge < -0.3 is 19.0 Å². The minimum atomic E-state index is -3.69. The van der Waals surface area contributed by atoms with Gasteiger partial charge in [-0.05, 0) is 30.3 Å². The first kappa shape index (κ1) is 21.6. The maximum atomic E-state index is 13.3. The smallest absolute Gasteiger partial charge is 0.340 e. The molecule has 2 aromatic carbocycles. The van der Waals surface area contributed by atoms with Crippen molar-refractivity contribution in [2.45, 2.75) is 0 Å². The van der Waals surface area contributed by atoms with Crippen molar-refractivity contribution in [1.29, 1.82) is 0 Å². The molecule has 3 aromatic rings. The van der Waals surface area contributed by atoms with Crippen molar-refractivity contribution < 1.29 is 36.6 Å². The molecule has 8 nitrogen and oxygen atoms in total. The summed E-state index contributed by atoms with van der Waals surface area (Å²) in [6.07, 6.45) is 1.04. The van der Waals surface area contributed by atoms with E-state index in [4.69, 9.17) is 13.9 Å². The van der Waals surface area contributed by atoms with Gasteiger partial charge in [0.05, 0.1) is 32.2 Å². The second-order valence-corrected chi connectivity index (χ2v) is 8.37. The Morgan fingerprint density at radius 1 is 1.20 bits per heavy atom. The van der Waals surface area contributed by atoms with Gasteiger partial charge in [-0.1, -0.05) is 0 Å². The lowest BCUT2D eigenvalue weighted by Gasteiger charge is -2.23. The van der Waals surface area contributed by atoms with Gasteiger partial charge >= 0.3 is 5.97 Å². The predicted octanol–water partition coefficient (Wildman–Crippen LogP) is 3.36. The fourth-order valence-electron chi connectivity index (χ4n) is 3.13. The summed E-state index contributed by atoms with van der Waals surface area (Å²) in [5, 5.41) is 9.98. The average Bonchev–Trinajstić information content (AvgIpc) is 3.05. The average molecular weight is 437 g/mol. The first-order valence-corrected chi connectivity index (χ1v) is 10.6. The molecule has 1 heterocycles. The molecule has 160 valence electrons. The molecular weight excluding hydrogens is 417 g/mol. The van der Waals surface area contributed by atoms with Crippen molar-refractivity contribution in [2.24, 2.45) is 0 Å². The molecule has 0 atom stereocenters. The number of fused-ring (bicyclic) bond motifs is 1. The second-order valence-electron chi connectivity index (χ2n) is 6.47. The third kappa shape index (κ3) is 4.10. The molecule has 3 rings (SSSR count). The summed E-state index contributed by atoms with van der Waals surface area (Å²) in [6.45, 7) is 0.155. The van der Waals surface area contributed by atoms with Gasteiger partial charge in [-0.15, -0.1) is 0 Å². The minimum Gasteiger partial charge on any atom is -0.495 e. The van der Waals surface area contributed by atoms with Gasteiger partial charge in [0.15, 0.2) is 0 Å².